The van der Waals surface area contributed by atoms with Crippen molar-refractivity contribution in [1.29, 1.82) is 0 Å². The van der Waals surface area contributed by atoms with E-state index in [1.165, 1.54) is 27.5 Å². The van der Waals surface area contributed by atoms with Gasteiger partial charge in [0, 0.05) is 34.3 Å². The second kappa shape index (κ2) is 7.69. The fourth-order valence-corrected chi connectivity index (χ4v) is 5.78. The van der Waals surface area contributed by atoms with Gasteiger partial charge in [-0.25, -0.2) is 4.98 Å². The summed E-state index contributed by atoms with van der Waals surface area (Å²) < 4.78 is 6.10. The van der Waals surface area contributed by atoms with Crippen molar-refractivity contribution < 1.29 is 4.74 Å². The predicted octanol–water partition coefficient (Wildman–Crippen LogP) is 4.96. The van der Waals surface area contributed by atoms with Crippen LogP contribution in [0.1, 0.15) is 43.5 Å². The third-order valence-corrected chi connectivity index (χ3v) is 7.62. The Hall–Kier alpha value is -3.21. The number of aromatic nitrogens is 1. The van der Waals surface area contributed by atoms with E-state index in [1.54, 1.807) is 0 Å². The Bertz CT molecular complexity index is 1300. The quantitative estimate of drug-likeness (QED) is 0.674. The van der Waals surface area contributed by atoms with Crippen LogP contribution in [0.2, 0.25) is 6.82 Å². The molecule has 0 unspecified atom stereocenters. The lowest BCUT2D eigenvalue weighted by atomic mass is 9.68. The summed E-state index contributed by atoms with van der Waals surface area (Å²) in [6, 6.07) is 6.54. The summed E-state index contributed by atoms with van der Waals surface area (Å²) in [6.07, 6.45) is 4.68. The van der Waals surface area contributed by atoms with Gasteiger partial charge < -0.3 is 15.4 Å². The molecule has 0 saturated carbocycles. The molecule has 0 aliphatic carbocycles. The van der Waals surface area contributed by atoms with Gasteiger partial charge in [-0.3, -0.25) is 0 Å². The molecule has 3 aliphatic heterocycles. The van der Waals surface area contributed by atoms with Gasteiger partial charge in [0.1, 0.15) is 19.6 Å². The molecule has 0 amide bonds. The van der Waals surface area contributed by atoms with Gasteiger partial charge in [0.15, 0.2) is 0 Å². The Balaban J connectivity index is 1.74. The van der Waals surface area contributed by atoms with Crippen LogP contribution < -0.4 is 11.2 Å². The van der Waals surface area contributed by atoms with Crippen molar-refractivity contribution in [3.8, 4) is 0 Å². The lowest BCUT2D eigenvalue weighted by Gasteiger charge is -2.44. The van der Waals surface area contributed by atoms with Crippen LogP contribution >= 0.6 is 0 Å². The van der Waals surface area contributed by atoms with Crippen LogP contribution in [0.25, 0.3) is 16.6 Å². The molecule has 5 heteroatoms. The fraction of sp³-hybridized carbons (Fsp3) is 0.321. The number of hydrogen-bond acceptors (Lipinski definition) is 4. The highest BCUT2D eigenvalue weighted by atomic mass is 16.5. The van der Waals surface area contributed by atoms with E-state index in [2.05, 4.69) is 76.9 Å². The van der Waals surface area contributed by atoms with E-state index in [1.807, 2.05) is 0 Å². The summed E-state index contributed by atoms with van der Waals surface area (Å²) in [5.41, 5.74) is 16.8. The zero-order valence-corrected chi connectivity index (χ0v) is 19.9. The standard InChI is InChI=1S/C28H31BN3O/c1-7-20-21-11-19(29-6)9-10-25(21)31-27-22(20)14-32-17(4)23-15-33-18(5)28(8-2,13-16(3)30)24(23)12-26(27)32/h9-12H,3-5,7-8,13-15,30H2,1-2,6H3/t28-/m1/s1. The number of nitrogens with zero attached hydrogens (tertiary/aromatic N) is 2. The largest absolute Gasteiger partial charge is 0.493 e. The number of benzene rings is 1. The highest BCUT2D eigenvalue weighted by molar-refractivity contribution is 6.52. The number of nitrogens with two attached hydrogens (primary N) is 1. The normalized spacial score (nSPS) is 21.4. The maximum atomic E-state index is 6.13. The number of fused-ring (bicyclic) bond motifs is 4. The van der Waals surface area contributed by atoms with Gasteiger partial charge in [0.2, 0.25) is 0 Å². The van der Waals surface area contributed by atoms with E-state index in [4.69, 9.17) is 15.5 Å². The molecule has 5 rings (SSSR count). The van der Waals surface area contributed by atoms with Crippen LogP contribution in [-0.4, -0.2) is 23.8 Å². The van der Waals surface area contributed by atoms with Gasteiger partial charge in [0.25, 0.3) is 0 Å². The molecule has 0 bridgehead atoms. The van der Waals surface area contributed by atoms with Gasteiger partial charge >= 0.3 is 0 Å². The molecule has 1 atom stereocenters. The Morgan fingerprint density at radius 2 is 2.09 bits per heavy atom. The number of aryl methyl sites for hydroxylation is 1. The fourth-order valence-electron chi connectivity index (χ4n) is 5.78. The highest BCUT2D eigenvalue weighted by Gasteiger charge is 2.46. The summed E-state index contributed by atoms with van der Waals surface area (Å²) in [5.74, 6) is 0.760. The summed E-state index contributed by atoms with van der Waals surface area (Å²) in [5, 5.41) is 1.25. The first-order valence-corrected chi connectivity index (χ1v) is 11.8. The Kier molecular flexibility index (Phi) is 5.04. The summed E-state index contributed by atoms with van der Waals surface area (Å²) >= 11 is 0. The average Bonchev–Trinajstić information content (AvgIpc) is 3.17. The molecule has 33 heavy (non-hydrogen) atoms. The van der Waals surface area contributed by atoms with Crippen LogP contribution in [0, 0.1) is 5.41 Å². The third-order valence-electron chi connectivity index (χ3n) is 7.62. The van der Waals surface area contributed by atoms with E-state index in [9.17, 15) is 0 Å². The van der Waals surface area contributed by atoms with E-state index < -0.39 is 5.41 Å². The van der Waals surface area contributed by atoms with E-state index in [0.717, 1.165) is 53.3 Å². The van der Waals surface area contributed by atoms with Gasteiger partial charge in [-0.05, 0) is 36.1 Å². The molecule has 4 heterocycles. The van der Waals surface area contributed by atoms with Crippen molar-refractivity contribution in [3.63, 3.8) is 0 Å². The lowest BCUT2D eigenvalue weighted by Crippen LogP contribution is -2.37. The molecule has 2 aromatic rings. The first-order valence-electron chi connectivity index (χ1n) is 11.8. The van der Waals surface area contributed by atoms with Gasteiger partial charge in [0.05, 0.1) is 28.9 Å². The topological polar surface area (TPSA) is 51.4 Å². The number of ether oxygens (including phenoxy) is 1. The predicted molar refractivity (Wildman–Crippen MR) is 138 cm³/mol. The maximum Gasteiger partial charge on any atom is 0.148 e. The molecule has 0 fully saturated rings. The molecule has 2 N–H and O–H groups in total. The number of hydrogen-bond donors (Lipinski definition) is 1. The monoisotopic (exact) mass is 436 g/mol. The number of allylic oxidation sites excluding steroid dienone is 3. The Morgan fingerprint density at radius 3 is 2.76 bits per heavy atom. The van der Waals surface area contributed by atoms with Crippen molar-refractivity contribution in [1.82, 2.24) is 9.88 Å². The number of pyridine rings is 1. The van der Waals surface area contributed by atoms with Crippen molar-refractivity contribution in [2.75, 3.05) is 6.61 Å². The smallest absolute Gasteiger partial charge is 0.148 e. The van der Waals surface area contributed by atoms with Gasteiger partial charge in [-0.2, -0.15) is 0 Å². The first-order chi connectivity index (χ1) is 15.8. The van der Waals surface area contributed by atoms with Gasteiger partial charge in [-0.1, -0.05) is 58.0 Å². The lowest BCUT2D eigenvalue weighted by molar-refractivity contribution is 0.137. The summed E-state index contributed by atoms with van der Waals surface area (Å²) in [7, 11) is 2.14. The molecule has 1 radical (unpaired) electrons. The van der Waals surface area contributed by atoms with Crippen molar-refractivity contribution in [2.45, 2.75) is 46.5 Å². The SMILES string of the molecule is C=C(N)C[C@]1(CC)C(=C)OCC2=C1C=C1c3nc4ccc([B]C)cc4c(CC)c3CN1C2=C. The number of rotatable bonds is 5. The van der Waals surface area contributed by atoms with Crippen molar-refractivity contribution in [3.05, 3.63) is 89.1 Å². The van der Waals surface area contributed by atoms with Crippen LogP contribution in [0.5, 0.6) is 0 Å². The minimum atomic E-state index is -0.402. The molecule has 0 spiro atoms. The van der Waals surface area contributed by atoms with Crippen LogP contribution in [0.4, 0.5) is 0 Å². The Morgan fingerprint density at radius 1 is 1.30 bits per heavy atom. The van der Waals surface area contributed by atoms with Crippen molar-refractivity contribution in [2.24, 2.45) is 11.1 Å². The Labute approximate surface area is 197 Å². The molecule has 0 saturated heterocycles. The first kappa shape index (κ1) is 21.6. The molecule has 167 valence electrons. The summed E-state index contributed by atoms with van der Waals surface area (Å²) in [6.45, 7) is 20.5. The van der Waals surface area contributed by atoms with Crippen LogP contribution in [0.15, 0.2) is 72.3 Å². The zero-order valence-electron chi connectivity index (χ0n) is 19.9. The van der Waals surface area contributed by atoms with Gasteiger partial charge in [-0.15, -0.1) is 0 Å². The third kappa shape index (κ3) is 3.02. The zero-order chi connectivity index (χ0) is 23.5. The average molecular weight is 436 g/mol. The second-order valence-corrected chi connectivity index (χ2v) is 9.27. The maximum absolute atomic E-state index is 6.13. The van der Waals surface area contributed by atoms with Crippen LogP contribution in [0.3, 0.4) is 0 Å². The van der Waals surface area contributed by atoms with E-state index in [0.29, 0.717) is 18.7 Å². The minimum Gasteiger partial charge on any atom is -0.493 e. The van der Waals surface area contributed by atoms with E-state index >= 15 is 0 Å². The van der Waals surface area contributed by atoms with E-state index in [-0.39, 0.29) is 0 Å². The highest BCUT2D eigenvalue weighted by Crippen LogP contribution is 2.54. The molecule has 3 aliphatic rings. The molecule has 1 aromatic heterocycles. The van der Waals surface area contributed by atoms with Crippen LogP contribution in [-0.2, 0) is 17.7 Å². The second-order valence-electron chi connectivity index (χ2n) is 9.27. The molecule has 4 nitrogen and oxygen atoms in total. The summed E-state index contributed by atoms with van der Waals surface area (Å²) in [4.78, 5) is 7.47. The minimum absolute atomic E-state index is 0.402. The molecular weight excluding hydrogens is 405 g/mol. The van der Waals surface area contributed by atoms with Crippen molar-refractivity contribution >= 4 is 29.3 Å². The molecular formula is C28H31BN3O. The molecule has 1 aromatic carbocycles.